The Bertz CT molecular complexity index is 1340. The molecular weight excluding hydrogens is 479 g/mol. The second-order valence-electron chi connectivity index (χ2n) is 9.54. The molecule has 1 saturated heterocycles. The van der Waals surface area contributed by atoms with E-state index in [1.807, 2.05) is 0 Å². The Hall–Kier alpha value is -3.63. The fourth-order valence-electron chi connectivity index (χ4n) is 4.76. The van der Waals surface area contributed by atoms with E-state index in [1.54, 1.807) is 29.3 Å². The number of pyridine rings is 2. The van der Waals surface area contributed by atoms with Gasteiger partial charge in [0.25, 0.3) is 11.5 Å². The van der Waals surface area contributed by atoms with Gasteiger partial charge in [-0.1, -0.05) is 12.1 Å². The zero-order valence-corrected chi connectivity index (χ0v) is 20.5. The van der Waals surface area contributed by atoms with Crippen LogP contribution in [0, 0.1) is 5.82 Å². The number of aliphatic hydroxyl groups excluding tert-OH is 2. The van der Waals surface area contributed by atoms with E-state index >= 15 is 0 Å². The summed E-state index contributed by atoms with van der Waals surface area (Å²) in [4.78, 5) is 43.3. The van der Waals surface area contributed by atoms with Crippen LogP contribution >= 0.6 is 0 Å². The number of hydrogen-bond acceptors (Lipinski definition) is 6. The SMILES string of the molecule is NC(=O)c1cc2ncc(CC(O)CC(O)Cc3ccc(F)cc3)cc2n(CCN2CCCCC2=O)c1=O. The summed E-state index contributed by atoms with van der Waals surface area (Å²) in [5.74, 6) is -1.17. The first-order valence-corrected chi connectivity index (χ1v) is 12.4. The third kappa shape index (κ3) is 6.58. The highest BCUT2D eigenvalue weighted by molar-refractivity contribution is 5.95. The van der Waals surface area contributed by atoms with Crippen LogP contribution in [0.2, 0.25) is 0 Å². The minimum Gasteiger partial charge on any atom is -0.393 e. The van der Waals surface area contributed by atoms with Crippen molar-refractivity contribution < 1.29 is 24.2 Å². The van der Waals surface area contributed by atoms with Crippen molar-refractivity contribution in [3.63, 3.8) is 0 Å². The molecule has 37 heavy (non-hydrogen) atoms. The summed E-state index contributed by atoms with van der Waals surface area (Å²) in [5.41, 5.74) is 6.95. The first-order chi connectivity index (χ1) is 17.7. The van der Waals surface area contributed by atoms with E-state index in [2.05, 4.69) is 4.98 Å². The number of primary amides is 1. The van der Waals surface area contributed by atoms with Crippen LogP contribution in [0.25, 0.3) is 11.0 Å². The largest absolute Gasteiger partial charge is 0.393 e. The lowest BCUT2D eigenvalue weighted by molar-refractivity contribution is -0.133. The van der Waals surface area contributed by atoms with E-state index in [9.17, 15) is 29.0 Å². The number of piperidine rings is 1. The lowest BCUT2D eigenvalue weighted by Crippen LogP contribution is -2.39. The number of carbonyl (C=O) groups excluding carboxylic acids is 2. The normalized spacial score (nSPS) is 15.6. The summed E-state index contributed by atoms with van der Waals surface area (Å²) < 4.78 is 14.5. The van der Waals surface area contributed by atoms with E-state index in [0.29, 0.717) is 36.1 Å². The zero-order valence-electron chi connectivity index (χ0n) is 20.5. The number of amides is 2. The van der Waals surface area contributed by atoms with Crippen molar-refractivity contribution in [1.82, 2.24) is 14.5 Å². The highest BCUT2D eigenvalue weighted by Gasteiger charge is 2.20. The third-order valence-corrected chi connectivity index (χ3v) is 6.68. The molecule has 0 saturated carbocycles. The average molecular weight is 511 g/mol. The van der Waals surface area contributed by atoms with Crippen LogP contribution in [-0.4, -0.2) is 61.8 Å². The van der Waals surface area contributed by atoms with Gasteiger partial charge in [0.05, 0.1) is 23.2 Å². The second kappa shape index (κ2) is 11.6. The van der Waals surface area contributed by atoms with E-state index in [1.165, 1.54) is 22.8 Å². The first kappa shape index (κ1) is 26.4. The van der Waals surface area contributed by atoms with Gasteiger partial charge in [-0.15, -0.1) is 0 Å². The second-order valence-corrected chi connectivity index (χ2v) is 9.54. The van der Waals surface area contributed by atoms with Gasteiger partial charge in [-0.3, -0.25) is 19.4 Å². The molecule has 3 heterocycles. The van der Waals surface area contributed by atoms with Gasteiger partial charge in [0.1, 0.15) is 11.4 Å². The summed E-state index contributed by atoms with van der Waals surface area (Å²) in [6, 6.07) is 8.91. The number of aromatic nitrogens is 2. The quantitative estimate of drug-likeness (QED) is 0.378. The number of hydrogen-bond donors (Lipinski definition) is 3. The summed E-state index contributed by atoms with van der Waals surface area (Å²) in [6.45, 7) is 1.11. The van der Waals surface area contributed by atoms with Gasteiger partial charge < -0.3 is 25.4 Å². The number of nitrogens with zero attached hydrogens (tertiary/aromatic N) is 3. The van der Waals surface area contributed by atoms with Crippen molar-refractivity contribution in [2.45, 2.75) is 57.3 Å². The molecule has 0 aliphatic carbocycles. The summed E-state index contributed by atoms with van der Waals surface area (Å²) in [6.07, 6.45) is 2.62. The van der Waals surface area contributed by atoms with Crippen molar-refractivity contribution >= 4 is 22.8 Å². The Labute approximate surface area is 213 Å². The summed E-state index contributed by atoms with van der Waals surface area (Å²) >= 11 is 0. The van der Waals surface area contributed by atoms with Gasteiger partial charge in [-0.2, -0.15) is 0 Å². The molecule has 2 unspecified atom stereocenters. The van der Waals surface area contributed by atoms with Crippen LogP contribution in [0.3, 0.4) is 0 Å². The fourth-order valence-corrected chi connectivity index (χ4v) is 4.76. The molecule has 1 aliphatic rings. The molecule has 196 valence electrons. The number of nitrogens with two attached hydrogens (primary N) is 1. The molecule has 4 rings (SSSR count). The molecule has 0 spiro atoms. The summed E-state index contributed by atoms with van der Waals surface area (Å²) in [5, 5.41) is 21.0. The van der Waals surface area contributed by atoms with Crippen LogP contribution in [0.5, 0.6) is 0 Å². The number of likely N-dealkylation sites (tertiary alicyclic amines) is 1. The fraction of sp³-hybridized carbons (Fsp3) is 0.407. The minimum atomic E-state index is -0.884. The number of fused-ring (bicyclic) bond motifs is 1. The number of aliphatic hydroxyl groups is 2. The maximum atomic E-state index is 13.1. The molecule has 9 nitrogen and oxygen atoms in total. The maximum Gasteiger partial charge on any atom is 0.264 e. The number of carbonyl (C=O) groups is 2. The van der Waals surface area contributed by atoms with Gasteiger partial charge in [0.2, 0.25) is 5.91 Å². The lowest BCUT2D eigenvalue weighted by atomic mass is 9.99. The number of rotatable bonds is 10. The Morgan fingerprint density at radius 2 is 1.73 bits per heavy atom. The highest BCUT2D eigenvalue weighted by Crippen LogP contribution is 2.18. The van der Waals surface area contributed by atoms with Crippen LogP contribution in [0.15, 0.2) is 47.4 Å². The monoisotopic (exact) mass is 510 g/mol. The molecule has 4 N–H and O–H groups in total. The standard InChI is InChI=1S/C27H31FN4O5/c28-19-6-4-17(5-7-19)11-20(33)14-21(34)12-18-13-24-23(30-16-18)15-22(26(29)36)27(37)32(24)10-9-31-8-2-1-3-25(31)35/h4-7,13,15-16,20-21,33-34H,1-3,8-12,14H2,(H2,29,36). The Morgan fingerprint density at radius 3 is 2.41 bits per heavy atom. The van der Waals surface area contributed by atoms with Crippen LogP contribution in [0.4, 0.5) is 4.39 Å². The molecule has 1 aromatic carbocycles. The van der Waals surface area contributed by atoms with Gasteiger partial charge in [-0.25, -0.2) is 4.39 Å². The predicted molar refractivity (Wildman–Crippen MR) is 135 cm³/mol. The molecule has 3 aromatic rings. The average Bonchev–Trinajstić information content (AvgIpc) is 2.85. The molecular formula is C27H31FN4O5. The van der Waals surface area contributed by atoms with Crippen molar-refractivity contribution in [1.29, 1.82) is 0 Å². The van der Waals surface area contributed by atoms with Crippen molar-refractivity contribution in [2.75, 3.05) is 13.1 Å². The van der Waals surface area contributed by atoms with Gasteiger partial charge in [0, 0.05) is 38.7 Å². The molecule has 2 atom stereocenters. The van der Waals surface area contributed by atoms with Crippen LogP contribution in [-0.2, 0) is 24.2 Å². The molecule has 2 amide bonds. The molecule has 2 aromatic heterocycles. The van der Waals surface area contributed by atoms with Crippen molar-refractivity contribution in [3.8, 4) is 0 Å². The van der Waals surface area contributed by atoms with Crippen molar-refractivity contribution in [3.05, 3.63) is 75.5 Å². The Balaban J connectivity index is 1.52. The molecule has 10 heteroatoms. The van der Waals surface area contributed by atoms with Gasteiger partial charge in [-0.05, 0) is 61.1 Å². The Morgan fingerprint density at radius 1 is 1.03 bits per heavy atom. The van der Waals surface area contributed by atoms with E-state index < -0.39 is 23.7 Å². The van der Waals surface area contributed by atoms with E-state index in [4.69, 9.17) is 5.73 Å². The number of benzene rings is 1. The number of halogens is 1. The van der Waals surface area contributed by atoms with Gasteiger partial charge in [0.15, 0.2) is 0 Å². The molecule has 1 aliphatic heterocycles. The minimum absolute atomic E-state index is 0.0378. The highest BCUT2D eigenvalue weighted by atomic mass is 19.1. The van der Waals surface area contributed by atoms with E-state index in [0.717, 1.165) is 18.4 Å². The van der Waals surface area contributed by atoms with Gasteiger partial charge >= 0.3 is 0 Å². The van der Waals surface area contributed by atoms with Crippen molar-refractivity contribution in [2.24, 2.45) is 5.73 Å². The Kier molecular flexibility index (Phi) is 8.30. The topological polar surface area (TPSA) is 139 Å². The first-order valence-electron chi connectivity index (χ1n) is 12.4. The molecule has 0 bridgehead atoms. The molecule has 0 radical (unpaired) electrons. The van der Waals surface area contributed by atoms with Crippen LogP contribution < -0.4 is 11.3 Å². The zero-order chi connectivity index (χ0) is 26.5. The molecule has 1 fully saturated rings. The lowest BCUT2D eigenvalue weighted by Gasteiger charge is -2.27. The van der Waals surface area contributed by atoms with Crippen LogP contribution in [0.1, 0.15) is 47.2 Å². The maximum absolute atomic E-state index is 13.1. The third-order valence-electron chi connectivity index (χ3n) is 6.68. The summed E-state index contributed by atoms with van der Waals surface area (Å²) in [7, 11) is 0. The smallest absolute Gasteiger partial charge is 0.264 e. The predicted octanol–water partition coefficient (Wildman–Crippen LogP) is 1.54. The van der Waals surface area contributed by atoms with E-state index in [-0.39, 0.29) is 43.1 Å².